The summed E-state index contributed by atoms with van der Waals surface area (Å²) in [5.74, 6) is 1.39. The third-order valence-corrected chi connectivity index (χ3v) is 4.20. The average Bonchev–Trinajstić information content (AvgIpc) is 3.08. The predicted octanol–water partition coefficient (Wildman–Crippen LogP) is 3.04. The fraction of sp³-hybridized carbons (Fsp3) is 0.333. The summed E-state index contributed by atoms with van der Waals surface area (Å²) >= 11 is 0. The van der Waals surface area contributed by atoms with E-state index in [9.17, 15) is 4.79 Å². The lowest BCUT2D eigenvalue weighted by Gasteiger charge is -2.11. The molecule has 0 saturated carbocycles. The van der Waals surface area contributed by atoms with Crippen molar-refractivity contribution in [3.05, 3.63) is 47.7 Å². The summed E-state index contributed by atoms with van der Waals surface area (Å²) in [5.41, 5.74) is 2.96. The van der Waals surface area contributed by atoms with E-state index in [2.05, 4.69) is 15.6 Å². The van der Waals surface area contributed by atoms with E-state index >= 15 is 0 Å². The van der Waals surface area contributed by atoms with Crippen molar-refractivity contribution in [1.29, 1.82) is 0 Å². The van der Waals surface area contributed by atoms with Gasteiger partial charge in [0.05, 0.1) is 17.8 Å². The number of aryl methyl sites for hydroxylation is 1. The van der Waals surface area contributed by atoms with Gasteiger partial charge in [-0.2, -0.15) is 0 Å². The van der Waals surface area contributed by atoms with Gasteiger partial charge in [-0.05, 0) is 50.1 Å². The second-order valence-corrected chi connectivity index (χ2v) is 5.86. The number of anilines is 1. The Kier molecular flexibility index (Phi) is 4.57. The summed E-state index contributed by atoms with van der Waals surface area (Å²) in [7, 11) is 0. The number of amides is 1. The van der Waals surface area contributed by atoms with Crippen LogP contribution in [0.2, 0.25) is 0 Å². The number of carbonyl (C=O) groups excluding carboxylic acids is 1. The molecule has 1 aromatic heterocycles. The van der Waals surface area contributed by atoms with E-state index in [4.69, 9.17) is 4.74 Å². The van der Waals surface area contributed by atoms with Crippen LogP contribution in [0, 0.1) is 19.8 Å². The third-order valence-electron chi connectivity index (χ3n) is 4.20. The molecule has 1 aliphatic rings. The van der Waals surface area contributed by atoms with E-state index in [1.807, 2.05) is 38.1 Å². The normalized spacial score (nSPS) is 17.0. The lowest BCUT2D eigenvalue weighted by Crippen LogP contribution is -2.24. The Morgan fingerprint density at radius 2 is 2.17 bits per heavy atom. The van der Waals surface area contributed by atoms with Crippen molar-refractivity contribution in [3.63, 3.8) is 0 Å². The van der Waals surface area contributed by atoms with E-state index < -0.39 is 0 Å². The summed E-state index contributed by atoms with van der Waals surface area (Å²) < 4.78 is 5.82. The second-order valence-electron chi connectivity index (χ2n) is 5.86. The molecule has 1 atom stereocenters. The highest BCUT2D eigenvalue weighted by atomic mass is 16.5. The van der Waals surface area contributed by atoms with Gasteiger partial charge in [-0.25, -0.2) is 4.98 Å². The Morgan fingerprint density at radius 3 is 2.87 bits per heavy atom. The van der Waals surface area contributed by atoms with E-state index in [0.717, 1.165) is 30.8 Å². The summed E-state index contributed by atoms with van der Waals surface area (Å²) in [6, 6.07) is 9.51. The van der Waals surface area contributed by atoms with Crippen LogP contribution in [-0.2, 0) is 4.79 Å². The van der Waals surface area contributed by atoms with Crippen molar-refractivity contribution in [2.75, 3.05) is 18.4 Å². The Bertz CT molecular complexity index is 692. The van der Waals surface area contributed by atoms with Crippen molar-refractivity contribution in [2.45, 2.75) is 20.3 Å². The minimum Gasteiger partial charge on any atom is -0.439 e. The molecule has 2 N–H and O–H groups in total. The molecule has 1 unspecified atom stereocenters. The first-order valence-electron chi connectivity index (χ1n) is 7.85. The molecular formula is C18H21N3O2. The molecule has 1 aromatic carbocycles. The number of pyridine rings is 1. The zero-order chi connectivity index (χ0) is 16.2. The smallest absolute Gasteiger partial charge is 0.228 e. The minimum absolute atomic E-state index is 0.0417. The number of benzene rings is 1. The molecule has 3 rings (SSSR count). The van der Waals surface area contributed by atoms with Crippen LogP contribution in [0.5, 0.6) is 11.6 Å². The fourth-order valence-corrected chi connectivity index (χ4v) is 2.58. The van der Waals surface area contributed by atoms with Crippen LogP contribution in [0.4, 0.5) is 5.69 Å². The molecule has 1 fully saturated rings. The highest BCUT2D eigenvalue weighted by Gasteiger charge is 2.22. The summed E-state index contributed by atoms with van der Waals surface area (Å²) in [5, 5.41) is 6.09. The van der Waals surface area contributed by atoms with Gasteiger partial charge in [-0.3, -0.25) is 4.79 Å². The molecule has 0 radical (unpaired) electrons. The number of carbonyl (C=O) groups is 1. The molecule has 5 heteroatoms. The maximum Gasteiger partial charge on any atom is 0.228 e. The van der Waals surface area contributed by atoms with Crippen LogP contribution in [-0.4, -0.2) is 24.0 Å². The molecule has 2 heterocycles. The highest BCUT2D eigenvalue weighted by molar-refractivity contribution is 5.92. The number of nitrogens with zero attached hydrogens (tertiary/aromatic N) is 1. The average molecular weight is 311 g/mol. The lowest BCUT2D eigenvalue weighted by atomic mass is 10.1. The van der Waals surface area contributed by atoms with Gasteiger partial charge < -0.3 is 15.4 Å². The summed E-state index contributed by atoms with van der Waals surface area (Å²) in [4.78, 5) is 16.3. The van der Waals surface area contributed by atoms with Crippen molar-refractivity contribution in [1.82, 2.24) is 10.3 Å². The monoisotopic (exact) mass is 311 g/mol. The molecule has 23 heavy (non-hydrogen) atoms. The van der Waals surface area contributed by atoms with Crippen molar-refractivity contribution in [2.24, 2.45) is 5.92 Å². The molecule has 0 bridgehead atoms. The number of nitrogens with one attached hydrogen (secondary N) is 2. The summed E-state index contributed by atoms with van der Waals surface area (Å²) in [6.07, 6.45) is 2.51. The maximum absolute atomic E-state index is 12.1. The van der Waals surface area contributed by atoms with Gasteiger partial charge in [0.1, 0.15) is 5.75 Å². The fourth-order valence-electron chi connectivity index (χ4n) is 2.58. The first kappa shape index (κ1) is 15.5. The van der Waals surface area contributed by atoms with Crippen LogP contribution >= 0.6 is 0 Å². The van der Waals surface area contributed by atoms with E-state index in [1.54, 1.807) is 12.3 Å². The molecule has 1 aliphatic heterocycles. The van der Waals surface area contributed by atoms with Crippen molar-refractivity contribution < 1.29 is 9.53 Å². The van der Waals surface area contributed by atoms with E-state index in [1.165, 1.54) is 5.56 Å². The predicted molar refractivity (Wildman–Crippen MR) is 89.8 cm³/mol. The molecule has 2 aromatic rings. The van der Waals surface area contributed by atoms with E-state index in [-0.39, 0.29) is 11.8 Å². The van der Waals surface area contributed by atoms with Crippen molar-refractivity contribution >= 4 is 11.6 Å². The second kappa shape index (κ2) is 6.79. The van der Waals surface area contributed by atoms with Gasteiger partial charge >= 0.3 is 0 Å². The van der Waals surface area contributed by atoms with Crippen molar-refractivity contribution in [3.8, 4) is 11.6 Å². The Morgan fingerprint density at radius 1 is 1.30 bits per heavy atom. The van der Waals surface area contributed by atoms with Gasteiger partial charge in [0, 0.05) is 12.6 Å². The topological polar surface area (TPSA) is 63.2 Å². The molecule has 0 spiro atoms. The molecule has 0 aliphatic carbocycles. The van der Waals surface area contributed by atoms with Gasteiger partial charge in [0.2, 0.25) is 11.8 Å². The van der Waals surface area contributed by atoms with Gasteiger partial charge in [0.15, 0.2) is 0 Å². The van der Waals surface area contributed by atoms with Gasteiger partial charge in [-0.1, -0.05) is 12.1 Å². The number of hydrogen-bond acceptors (Lipinski definition) is 4. The maximum atomic E-state index is 12.1. The van der Waals surface area contributed by atoms with Crippen LogP contribution in [0.25, 0.3) is 0 Å². The zero-order valence-electron chi connectivity index (χ0n) is 13.4. The lowest BCUT2D eigenvalue weighted by molar-refractivity contribution is -0.119. The Balaban J connectivity index is 1.65. The quantitative estimate of drug-likeness (QED) is 0.911. The minimum atomic E-state index is 0.0417. The van der Waals surface area contributed by atoms with Crippen LogP contribution in [0.3, 0.4) is 0 Å². The molecule has 1 saturated heterocycles. The van der Waals surface area contributed by atoms with Gasteiger partial charge in [0.25, 0.3) is 0 Å². The first-order valence-corrected chi connectivity index (χ1v) is 7.85. The Hall–Kier alpha value is -2.40. The molecular weight excluding hydrogens is 290 g/mol. The molecule has 1 amide bonds. The van der Waals surface area contributed by atoms with Gasteiger partial charge in [-0.15, -0.1) is 0 Å². The SMILES string of the molecule is Cc1cccc(Oc2ccc(NC(=O)C3CCNC3)cn2)c1C. The molecule has 5 nitrogen and oxygen atoms in total. The molecule has 120 valence electrons. The standard InChI is InChI=1S/C18H21N3O2/c1-12-4-3-5-16(13(12)2)23-17-7-6-15(11-20-17)21-18(22)14-8-9-19-10-14/h3-7,11,14,19H,8-10H2,1-2H3,(H,21,22). The number of aromatic nitrogens is 1. The number of hydrogen-bond donors (Lipinski definition) is 2. The zero-order valence-corrected chi connectivity index (χ0v) is 13.4. The highest BCUT2D eigenvalue weighted by Crippen LogP contribution is 2.26. The number of ether oxygens (including phenoxy) is 1. The van der Waals surface area contributed by atoms with E-state index in [0.29, 0.717) is 11.6 Å². The largest absolute Gasteiger partial charge is 0.439 e. The first-order chi connectivity index (χ1) is 11.1. The summed E-state index contributed by atoms with van der Waals surface area (Å²) in [6.45, 7) is 5.72. The van der Waals surface area contributed by atoms with Crippen LogP contribution < -0.4 is 15.4 Å². The Labute approximate surface area is 136 Å². The van der Waals surface area contributed by atoms with Crippen LogP contribution in [0.15, 0.2) is 36.5 Å². The van der Waals surface area contributed by atoms with Crippen LogP contribution in [0.1, 0.15) is 17.5 Å². The number of rotatable bonds is 4. The third kappa shape index (κ3) is 3.68.